The van der Waals surface area contributed by atoms with Crippen LogP contribution in [0.15, 0.2) is 35.7 Å². The van der Waals surface area contributed by atoms with Gasteiger partial charge in [-0.25, -0.2) is 18.7 Å². The molecule has 170 valence electrons. The van der Waals surface area contributed by atoms with E-state index in [0.29, 0.717) is 37.7 Å². The zero-order valence-electron chi connectivity index (χ0n) is 17.8. The number of aromatic nitrogens is 3. The van der Waals surface area contributed by atoms with Crippen molar-refractivity contribution in [3.05, 3.63) is 47.7 Å². The molecule has 3 aliphatic rings. The molecule has 2 atom stereocenters. The van der Waals surface area contributed by atoms with Gasteiger partial charge in [0.05, 0.1) is 37.4 Å². The average Bonchev–Trinajstić information content (AvgIpc) is 2.83. The highest BCUT2D eigenvalue weighted by Gasteiger charge is 2.41. The second-order valence-corrected chi connectivity index (χ2v) is 8.40. The highest BCUT2D eigenvalue weighted by atomic mass is 19.3. The number of anilines is 1. The van der Waals surface area contributed by atoms with E-state index in [1.165, 1.54) is 0 Å². The number of rotatable bonds is 4. The van der Waals surface area contributed by atoms with Crippen LogP contribution in [0.25, 0.3) is 0 Å². The van der Waals surface area contributed by atoms with Gasteiger partial charge in [-0.05, 0) is 11.6 Å². The van der Waals surface area contributed by atoms with Crippen LogP contribution in [0.2, 0.25) is 0 Å². The lowest BCUT2D eigenvalue weighted by Crippen LogP contribution is -2.46. The Balaban J connectivity index is 1.36. The van der Waals surface area contributed by atoms with Crippen LogP contribution in [0.1, 0.15) is 29.4 Å². The third kappa shape index (κ3) is 4.42. The van der Waals surface area contributed by atoms with Crippen molar-refractivity contribution in [3.8, 4) is 0 Å². The van der Waals surface area contributed by atoms with E-state index in [-0.39, 0.29) is 25.6 Å². The van der Waals surface area contributed by atoms with E-state index < -0.39 is 11.8 Å². The Labute approximate surface area is 185 Å². The van der Waals surface area contributed by atoms with Gasteiger partial charge in [-0.1, -0.05) is 6.07 Å². The van der Waals surface area contributed by atoms with E-state index in [1.807, 2.05) is 18.3 Å². The van der Waals surface area contributed by atoms with Gasteiger partial charge in [0.2, 0.25) is 0 Å². The molecule has 2 aromatic rings. The molecule has 32 heavy (non-hydrogen) atoms. The summed E-state index contributed by atoms with van der Waals surface area (Å²) in [6, 6.07) is 3.96. The average molecular weight is 444 g/mol. The van der Waals surface area contributed by atoms with Crippen molar-refractivity contribution in [2.75, 3.05) is 50.8 Å². The summed E-state index contributed by atoms with van der Waals surface area (Å²) < 4.78 is 34.0. The summed E-state index contributed by atoms with van der Waals surface area (Å²) in [6.07, 6.45) is 5.59. The highest BCUT2D eigenvalue weighted by molar-refractivity contribution is 5.99. The van der Waals surface area contributed by atoms with E-state index >= 15 is 0 Å². The van der Waals surface area contributed by atoms with E-state index in [4.69, 9.17) is 4.74 Å². The third-order valence-electron chi connectivity index (χ3n) is 6.31. The number of piperidine rings is 1. The van der Waals surface area contributed by atoms with Crippen molar-refractivity contribution < 1.29 is 13.5 Å². The molecule has 2 N–H and O–H groups in total. The van der Waals surface area contributed by atoms with Crippen molar-refractivity contribution in [3.63, 3.8) is 0 Å². The van der Waals surface area contributed by atoms with Crippen LogP contribution in [-0.4, -0.2) is 72.6 Å². The molecule has 0 amide bonds. The fraction of sp³-hybridized carbons (Fsp3) is 0.545. The van der Waals surface area contributed by atoms with Crippen LogP contribution < -0.4 is 15.5 Å². The van der Waals surface area contributed by atoms with Gasteiger partial charge in [-0.15, -0.1) is 0 Å². The minimum absolute atomic E-state index is 0.0271. The molecule has 5 heterocycles. The minimum Gasteiger partial charge on any atom is -0.378 e. The number of ether oxygens (including phenoxy) is 1. The summed E-state index contributed by atoms with van der Waals surface area (Å²) in [6.45, 7) is 3.69. The molecule has 0 bridgehead atoms. The second kappa shape index (κ2) is 9.03. The fourth-order valence-corrected chi connectivity index (χ4v) is 4.38. The van der Waals surface area contributed by atoms with Gasteiger partial charge >= 0.3 is 0 Å². The first-order valence-corrected chi connectivity index (χ1v) is 11.1. The van der Waals surface area contributed by atoms with E-state index in [1.54, 1.807) is 12.4 Å². The summed E-state index contributed by atoms with van der Waals surface area (Å²) in [5.41, 5.74) is 2.44. The maximum atomic E-state index is 14.3. The number of aliphatic imine (C=N–C) groups is 1. The van der Waals surface area contributed by atoms with E-state index in [2.05, 4.69) is 35.5 Å². The van der Waals surface area contributed by atoms with Gasteiger partial charge in [0, 0.05) is 57.6 Å². The highest BCUT2D eigenvalue weighted by Crippen LogP contribution is 2.31. The number of fused-ring (bicyclic) bond motifs is 1. The van der Waals surface area contributed by atoms with Gasteiger partial charge in [0.15, 0.2) is 0 Å². The summed E-state index contributed by atoms with van der Waals surface area (Å²) in [5.74, 6) is -2.11. The molecule has 0 saturated carbocycles. The lowest BCUT2D eigenvalue weighted by Gasteiger charge is -2.32. The summed E-state index contributed by atoms with van der Waals surface area (Å²) in [5, 5.41) is 6.45. The standard InChI is InChI=1S/C22H27F2N7O/c23-22(24)3-4-25-13-16(22)14-29-21-20-18(26-5-6-27-20)11-17(30-21)15-1-2-19(28-12-15)31-7-9-32-10-8-31/h1-2,5-6,12,16-17,25H,3-4,7-11,13-14H2,(H,29,30)/t16-,17?/m1/s1. The van der Waals surface area contributed by atoms with E-state index in [9.17, 15) is 8.78 Å². The van der Waals surface area contributed by atoms with E-state index in [0.717, 1.165) is 30.2 Å². The van der Waals surface area contributed by atoms with Crippen molar-refractivity contribution >= 4 is 11.7 Å². The largest absolute Gasteiger partial charge is 0.378 e. The molecule has 8 nitrogen and oxygen atoms in total. The number of hydrogen-bond donors (Lipinski definition) is 2. The first kappa shape index (κ1) is 21.1. The Morgan fingerprint density at radius 3 is 2.78 bits per heavy atom. The Bertz CT molecular complexity index is 963. The summed E-state index contributed by atoms with van der Waals surface area (Å²) in [7, 11) is 0. The Hall–Kier alpha value is -2.72. The predicted octanol–water partition coefficient (Wildman–Crippen LogP) is 1.59. The molecular formula is C22H27F2N7O. The van der Waals surface area contributed by atoms with Crippen LogP contribution in [0.4, 0.5) is 14.6 Å². The molecule has 10 heteroatoms. The lowest BCUT2D eigenvalue weighted by molar-refractivity contribution is -0.0740. The number of morpholine rings is 1. The lowest BCUT2D eigenvalue weighted by atomic mass is 9.94. The maximum absolute atomic E-state index is 14.3. The third-order valence-corrected chi connectivity index (χ3v) is 6.31. The Kier molecular flexibility index (Phi) is 5.97. The molecule has 0 aliphatic carbocycles. The van der Waals surface area contributed by atoms with Gasteiger partial charge in [0.25, 0.3) is 5.92 Å². The van der Waals surface area contributed by atoms with Gasteiger partial charge < -0.3 is 20.3 Å². The molecule has 0 radical (unpaired) electrons. The fourth-order valence-electron chi connectivity index (χ4n) is 4.38. The van der Waals surface area contributed by atoms with Crippen molar-refractivity contribution in [1.29, 1.82) is 0 Å². The van der Waals surface area contributed by atoms with Gasteiger partial charge in [-0.3, -0.25) is 9.98 Å². The topological polar surface area (TPSA) is 87.6 Å². The van der Waals surface area contributed by atoms with Crippen LogP contribution in [-0.2, 0) is 11.2 Å². The van der Waals surface area contributed by atoms with Crippen LogP contribution in [0, 0.1) is 5.92 Å². The zero-order valence-corrected chi connectivity index (χ0v) is 17.8. The van der Waals surface area contributed by atoms with Crippen LogP contribution in [0.3, 0.4) is 0 Å². The molecule has 1 unspecified atom stereocenters. The number of hydrogen-bond acceptors (Lipinski definition) is 7. The number of alkyl halides is 2. The first-order valence-electron chi connectivity index (χ1n) is 11.1. The molecule has 5 rings (SSSR count). The minimum atomic E-state index is -2.71. The van der Waals surface area contributed by atoms with Gasteiger partial charge in [-0.2, -0.15) is 0 Å². The zero-order chi connectivity index (χ0) is 22.0. The molecule has 2 saturated heterocycles. The first-order chi connectivity index (χ1) is 15.6. The summed E-state index contributed by atoms with van der Waals surface area (Å²) >= 11 is 0. The Morgan fingerprint density at radius 1 is 1.16 bits per heavy atom. The monoisotopic (exact) mass is 443 g/mol. The Morgan fingerprint density at radius 2 is 2.00 bits per heavy atom. The number of pyridine rings is 1. The van der Waals surface area contributed by atoms with Crippen molar-refractivity contribution in [2.24, 2.45) is 10.9 Å². The number of nitrogens with one attached hydrogen (secondary N) is 2. The normalized spacial score (nSPS) is 26.4. The van der Waals surface area contributed by atoms with Crippen LogP contribution >= 0.6 is 0 Å². The SMILES string of the molecule is FC1(F)CCNC[C@@H]1CN=C1NC(c2ccc(N3CCOCC3)nc2)Cc2nccnc21. The molecule has 2 fully saturated rings. The predicted molar refractivity (Wildman–Crippen MR) is 116 cm³/mol. The number of amidine groups is 1. The summed E-state index contributed by atoms with van der Waals surface area (Å²) in [4.78, 5) is 20.3. The maximum Gasteiger partial charge on any atom is 0.255 e. The smallest absolute Gasteiger partial charge is 0.255 e. The van der Waals surface area contributed by atoms with Crippen molar-refractivity contribution in [1.82, 2.24) is 25.6 Å². The number of halogens is 2. The molecule has 3 aliphatic heterocycles. The van der Waals surface area contributed by atoms with Gasteiger partial charge in [0.1, 0.15) is 17.3 Å². The molecular weight excluding hydrogens is 416 g/mol. The molecule has 0 spiro atoms. The quantitative estimate of drug-likeness (QED) is 0.742. The van der Waals surface area contributed by atoms with Crippen LogP contribution in [0.5, 0.6) is 0 Å². The number of nitrogens with zero attached hydrogens (tertiary/aromatic N) is 5. The molecule has 2 aromatic heterocycles. The molecule has 0 aromatic carbocycles. The van der Waals surface area contributed by atoms with Crippen molar-refractivity contribution in [2.45, 2.75) is 24.8 Å². The second-order valence-electron chi connectivity index (χ2n) is 8.40.